The average molecular weight is 628 g/mol. The Hall–Kier alpha value is -5.22. The van der Waals surface area contributed by atoms with Gasteiger partial charge in [0, 0.05) is 11.9 Å². The number of methoxy groups -OCH3 is 1. The Morgan fingerprint density at radius 2 is 1.49 bits per heavy atom. The number of aromatic amines is 2. The maximum Gasteiger partial charge on any atom is 0.407 e. The van der Waals surface area contributed by atoms with Crippen molar-refractivity contribution in [1.82, 2.24) is 35.1 Å². The number of carbonyl (C=O) groups is 2. The number of ether oxygens (including phenoxy) is 1. The number of fused-ring (bicyclic) bond motifs is 4. The minimum Gasteiger partial charge on any atom is -0.453 e. The summed E-state index contributed by atoms with van der Waals surface area (Å²) in [5.41, 5.74) is 8.44. The van der Waals surface area contributed by atoms with Crippen LogP contribution in [0.3, 0.4) is 0 Å². The van der Waals surface area contributed by atoms with Gasteiger partial charge in [0.2, 0.25) is 5.91 Å². The Balaban J connectivity index is 1.01. The summed E-state index contributed by atoms with van der Waals surface area (Å²) in [5.74, 6) is 1.68. The SMILES string of the molecule is COC(=O)NCC(=O)N1CCC[C@H]1c1nc2ccc(-c3ccc(-c4ccc5c(ccc6[nH]c([C@@H]7CCCN7C)nc65)c4)cc3)cc2[nH]1. The highest BCUT2D eigenvalue weighted by Gasteiger charge is 2.32. The van der Waals surface area contributed by atoms with Crippen LogP contribution in [0.5, 0.6) is 0 Å². The van der Waals surface area contributed by atoms with Crippen molar-refractivity contribution in [1.29, 1.82) is 0 Å². The van der Waals surface area contributed by atoms with Crippen molar-refractivity contribution in [2.24, 2.45) is 0 Å². The van der Waals surface area contributed by atoms with E-state index in [0.717, 1.165) is 76.2 Å². The highest BCUT2D eigenvalue weighted by Crippen LogP contribution is 2.35. The molecule has 8 rings (SSSR count). The quantitative estimate of drug-likeness (QED) is 0.189. The number of likely N-dealkylation sites (tertiary alicyclic amines) is 2. The number of aromatic nitrogens is 4. The van der Waals surface area contributed by atoms with E-state index in [1.54, 1.807) is 4.90 Å². The van der Waals surface area contributed by atoms with E-state index >= 15 is 0 Å². The standard InChI is InChI=1S/C37H37N7O3/c1-43-17-3-5-31(43)35-40-29-16-13-26-19-24(11-14-27(26)34(29)42-35)22-7-9-23(10-8-22)25-12-15-28-30(20-25)41-36(39-28)32-6-4-18-44(32)33(45)21-38-37(46)47-2/h7-16,19-20,31-32H,3-6,17-18,21H2,1-2H3,(H,38,46)(H,39,41)(H,40,42)/t31-,32-/m0/s1. The number of nitrogens with zero attached hydrogens (tertiary/aromatic N) is 4. The van der Waals surface area contributed by atoms with E-state index < -0.39 is 6.09 Å². The number of alkyl carbamates (subject to hydrolysis) is 1. The maximum absolute atomic E-state index is 12.8. The zero-order valence-corrected chi connectivity index (χ0v) is 26.5. The molecule has 0 radical (unpaired) electrons. The predicted octanol–water partition coefficient (Wildman–Crippen LogP) is 6.71. The molecule has 4 heterocycles. The summed E-state index contributed by atoms with van der Waals surface area (Å²) in [4.78, 5) is 45.4. The van der Waals surface area contributed by atoms with Gasteiger partial charge in [-0.05, 0) is 91.2 Å². The number of hydrogen-bond acceptors (Lipinski definition) is 6. The first kappa shape index (κ1) is 29.2. The highest BCUT2D eigenvalue weighted by molar-refractivity contribution is 6.05. The molecule has 0 saturated carbocycles. The zero-order chi connectivity index (χ0) is 32.1. The average Bonchev–Trinajstić information content (AvgIpc) is 3.92. The lowest BCUT2D eigenvalue weighted by Gasteiger charge is -2.23. The molecule has 238 valence electrons. The molecule has 0 spiro atoms. The van der Waals surface area contributed by atoms with Crippen LogP contribution in [0.2, 0.25) is 0 Å². The number of carbonyl (C=O) groups excluding carboxylic acids is 2. The number of H-pyrrole nitrogens is 2. The fourth-order valence-electron chi connectivity index (χ4n) is 7.31. The fraction of sp³-hybridized carbons (Fsp3) is 0.297. The molecule has 2 aliphatic heterocycles. The second-order valence-electron chi connectivity index (χ2n) is 12.7. The number of rotatable bonds is 6. The van der Waals surface area contributed by atoms with Gasteiger partial charge in [0.15, 0.2) is 0 Å². The maximum atomic E-state index is 12.8. The van der Waals surface area contributed by atoms with Gasteiger partial charge in [-0.25, -0.2) is 14.8 Å². The van der Waals surface area contributed by atoms with Crippen LogP contribution in [-0.4, -0.2) is 75.5 Å². The molecule has 0 aliphatic carbocycles. The molecular weight excluding hydrogens is 590 g/mol. The Bertz CT molecular complexity index is 2130. The van der Waals surface area contributed by atoms with Crippen LogP contribution in [0.4, 0.5) is 4.79 Å². The molecule has 2 saturated heterocycles. The molecule has 0 unspecified atom stereocenters. The van der Waals surface area contributed by atoms with Crippen molar-refractivity contribution in [3.8, 4) is 22.3 Å². The lowest BCUT2D eigenvalue weighted by atomic mass is 9.98. The molecule has 2 amide bonds. The van der Waals surface area contributed by atoms with E-state index in [-0.39, 0.29) is 18.5 Å². The summed E-state index contributed by atoms with van der Waals surface area (Å²) in [7, 11) is 3.46. The van der Waals surface area contributed by atoms with E-state index in [2.05, 4.69) is 98.7 Å². The summed E-state index contributed by atoms with van der Waals surface area (Å²) in [6, 6.07) is 26.1. The van der Waals surface area contributed by atoms with Gasteiger partial charge in [-0.3, -0.25) is 9.69 Å². The zero-order valence-electron chi connectivity index (χ0n) is 26.5. The van der Waals surface area contributed by atoms with Gasteiger partial charge in [-0.1, -0.05) is 48.5 Å². The topological polar surface area (TPSA) is 119 Å². The van der Waals surface area contributed by atoms with Gasteiger partial charge in [-0.2, -0.15) is 0 Å². The van der Waals surface area contributed by atoms with Gasteiger partial charge in [0.05, 0.1) is 41.3 Å². The van der Waals surface area contributed by atoms with Gasteiger partial charge >= 0.3 is 6.09 Å². The van der Waals surface area contributed by atoms with Gasteiger partial charge in [-0.15, -0.1) is 0 Å². The van der Waals surface area contributed by atoms with Crippen molar-refractivity contribution in [3.05, 3.63) is 84.4 Å². The molecule has 0 bridgehead atoms. The number of nitrogens with one attached hydrogen (secondary N) is 3. The highest BCUT2D eigenvalue weighted by atomic mass is 16.5. The minimum absolute atomic E-state index is 0.101. The third kappa shape index (κ3) is 5.38. The second kappa shape index (κ2) is 11.9. The van der Waals surface area contributed by atoms with Crippen molar-refractivity contribution in [2.75, 3.05) is 33.8 Å². The van der Waals surface area contributed by atoms with Gasteiger partial charge in [0.1, 0.15) is 18.2 Å². The Labute approximate surface area is 272 Å². The molecule has 2 aliphatic rings. The molecule has 2 atom stereocenters. The molecule has 2 fully saturated rings. The van der Waals surface area contributed by atoms with Crippen molar-refractivity contribution in [2.45, 2.75) is 37.8 Å². The van der Waals surface area contributed by atoms with Crippen LogP contribution in [0.25, 0.3) is 55.1 Å². The van der Waals surface area contributed by atoms with E-state index in [9.17, 15) is 9.59 Å². The second-order valence-corrected chi connectivity index (χ2v) is 12.7. The molecule has 2 aromatic heterocycles. The first-order valence-corrected chi connectivity index (χ1v) is 16.3. The van der Waals surface area contributed by atoms with Crippen LogP contribution in [0.15, 0.2) is 72.8 Å². The largest absolute Gasteiger partial charge is 0.453 e. The summed E-state index contributed by atoms with van der Waals surface area (Å²) in [5, 5.41) is 4.83. The first-order valence-electron chi connectivity index (χ1n) is 16.3. The van der Waals surface area contributed by atoms with E-state index in [1.165, 1.54) is 29.9 Å². The minimum atomic E-state index is -0.618. The van der Waals surface area contributed by atoms with Crippen molar-refractivity contribution in [3.63, 3.8) is 0 Å². The molecular formula is C37H37N7O3. The number of amides is 2. The Morgan fingerprint density at radius 1 is 0.809 bits per heavy atom. The van der Waals surface area contributed by atoms with Crippen LogP contribution in [0, 0.1) is 0 Å². The first-order chi connectivity index (χ1) is 22.9. The van der Waals surface area contributed by atoms with E-state index in [1.807, 2.05) is 6.07 Å². The third-order valence-corrected chi connectivity index (χ3v) is 9.83. The van der Waals surface area contributed by atoms with Crippen LogP contribution in [0.1, 0.15) is 49.4 Å². The smallest absolute Gasteiger partial charge is 0.407 e. The molecule has 6 aromatic rings. The van der Waals surface area contributed by atoms with E-state index in [4.69, 9.17) is 9.97 Å². The van der Waals surface area contributed by atoms with Gasteiger partial charge < -0.3 is 24.9 Å². The predicted molar refractivity (Wildman–Crippen MR) is 183 cm³/mol. The Morgan fingerprint density at radius 3 is 2.26 bits per heavy atom. The van der Waals surface area contributed by atoms with Gasteiger partial charge in [0.25, 0.3) is 0 Å². The lowest BCUT2D eigenvalue weighted by molar-refractivity contribution is -0.131. The molecule has 47 heavy (non-hydrogen) atoms. The number of imidazole rings is 2. The molecule has 3 N–H and O–H groups in total. The van der Waals surface area contributed by atoms with Crippen LogP contribution in [-0.2, 0) is 9.53 Å². The summed E-state index contributed by atoms with van der Waals surface area (Å²) in [6.07, 6.45) is 3.44. The summed E-state index contributed by atoms with van der Waals surface area (Å²) >= 11 is 0. The third-order valence-electron chi connectivity index (χ3n) is 9.83. The van der Waals surface area contributed by atoms with Crippen LogP contribution < -0.4 is 5.32 Å². The molecule has 10 nitrogen and oxygen atoms in total. The fourth-order valence-corrected chi connectivity index (χ4v) is 7.31. The lowest BCUT2D eigenvalue weighted by Crippen LogP contribution is -2.40. The molecule has 10 heteroatoms. The number of hydrogen-bond donors (Lipinski definition) is 3. The normalized spacial score (nSPS) is 18.5. The van der Waals surface area contributed by atoms with Crippen molar-refractivity contribution < 1.29 is 14.3 Å². The van der Waals surface area contributed by atoms with Crippen LogP contribution >= 0.6 is 0 Å². The summed E-state index contributed by atoms with van der Waals surface area (Å²) in [6.45, 7) is 1.65. The van der Waals surface area contributed by atoms with E-state index in [0.29, 0.717) is 12.6 Å². The Kier molecular flexibility index (Phi) is 7.37. The molecule has 4 aromatic carbocycles. The monoisotopic (exact) mass is 627 g/mol. The summed E-state index contributed by atoms with van der Waals surface area (Å²) < 4.78 is 4.59. The number of benzene rings is 4. The van der Waals surface area contributed by atoms with Crippen molar-refractivity contribution >= 4 is 44.8 Å².